The van der Waals surface area contributed by atoms with Gasteiger partial charge in [0, 0.05) is 12.2 Å². The van der Waals surface area contributed by atoms with Crippen molar-refractivity contribution in [3.8, 4) is 0 Å². The quantitative estimate of drug-likeness (QED) is 0.823. The molecule has 2 N–H and O–H groups in total. The van der Waals surface area contributed by atoms with Crippen LogP contribution in [0.25, 0.3) is 0 Å². The molecule has 0 saturated carbocycles. The summed E-state index contributed by atoms with van der Waals surface area (Å²) in [5.41, 5.74) is 11.0. The van der Waals surface area contributed by atoms with Gasteiger partial charge >= 0.3 is 0 Å². The molecule has 24 heavy (non-hydrogen) atoms. The highest BCUT2D eigenvalue weighted by Crippen LogP contribution is 2.36. The van der Waals surface area contributed by atoms with Crippen LogP contribution in [0.4, 0.5) is 11.4 Å². The van der Waals surface area contributed by atoms with Crippen LogP contribution in [0.2, 0.25) is 0 Å². The van der Waals surface area contributed by atoms with Crippen LogP contribution in [0.15, 0.2) is 35.2 Å². The number of benzene rings is 2. The van der Waals surface area contributed by atoms with E-state index in [0.717, 1.165) is 40.8 Å². The lowest BCUT2D eigenvalue weighted by Crippen LogP contribution is -2.36. The average molecular weight is 367 g/mol. The molecule has 1 aliphatic heterocycles. The molecule has 0 saturated heterocycles. The van der Waals surface area contributed by atoms with Crippen LogP contribution < -0.4 is 10.0 Å². The van der Waals surface area contributed by atoms with E-state index >= 15 is 0 Å². The summed E-state index contributed by atoms with van der Waals surface area (Å²) in [6, 6.07) is 9.34. The van der Waals surface area contributed by atoms with E-state index < -0.39 is 10.0 Å². The van der Waals surface area contributed by atoms with Gasteiger partial charge in [-0.25, -0.2) is 8.42 Å². The third-order valence-corrected chi connectivity index (χ3v) is 6.52. The third kappa shape index (κ3) is 2.98. The molecule has 0 bridgehead atoms. The van der Waals surface area contributed by atoms with Gasteiger partial charge < -0.3 is 5.73 Å². The molecule has 1 aliphatic rings. The van der Waals surface area contributed by atoms with E-state index in [1.807, 2.05) is 51.1 Å². The minimum atomic E-state index is -3.59. The molecular weight excluding hydrogens is 344 g/mol. The van der Waals surface area contributed by atoms with Crippen molar-refractivity contribution in [3.05, 3.63) is 52.6 Å². The van der Waals surface area contributed by atoms with Gasteiger partial charge in [0.1, 0.15) is 0 Å². The molecule has 6 heteroatoms. The van der Waals surface area contributed by atoms with Gasteiger partial charge in [0.05, 0.1) is 10.6 Å². The topological polar surface area (TPSA) is 63.4 Å². The molecule has 3 rings (SSSR count). The van der Waals surface area contributed by atoms with Gasteiger partial charge in [-0.3, -0.25) is 4.31 Å². The Labute approximate surface area is 150 Å². The van der Waals surface area contributed by atoms with Crippen molar-refractivity contribution in [2.75, 3.05) is 16.6 Å². The fourth-order valence-corrected chi connectivity index (χ4v) is 5.50. The maximum Gasteiger partial charge on any atom is 0.264 e. The summed E-state index contributed by atoms with van der Waals surface area (Å²) in [5.74, 6) is 0. The first-order valence-corrected chi connectivity index (χ1v) is 9.24. The van der Waals surface area contributed by atoms with Crippen molar-refractivity contribution in [3.63, 3.8) is 0 Å². The molecule has 0 unspecified atom stereocenters. The lowest BCUT2D eigenvalue weighted by Gasteiger charge is -2.32. The van der Waals surface area contributed by atoms with Gasteiger partial charge in [-0.2, -0.15) is 0 Å². The zero-order valence-electron chi connectivity index (χ0n) is 14.2. The first-order valence-electron chi connectivity index (χ1n) is 7.80. The van der Waals surface area contributed by atoms with Gasteiger partial charge in [-0.1, -0.05) is 23.8 Å². The number of halogens is 1. The predicted octanol–water partition coefficient (Wildman–Crippen LogP) is 3.76. The van der Waals surface area contributed by atoms with Gasteiger partial charge in [-0.15, -0.1) is 12.4 Å². The molecule has 130 valence electrons. The summed E-state index contributed by atoms with van der Waals surface area (Å²) in [4.78, 5) is 0.415. The van der Waals surface area contributed by atoms with E-state index in [4.69, 9.17) is 5.73 Å². The lowest BCUT2D eigenvalue weighted by molar-refractivity contribution is 0.585. The van der Waals surface area contributed by atoms with Crippen LogP contribution in [0.1, 0.15) is 28.7 Å². The normalized spacial score (nSPS) is 14.0. The number of fused-ring (bicyclic) bond motifs is 1. The number of hydrogen-bond donors (Lipinski definition) is 1. The average Bonchev–Trinajstić information content (AvgIpc) is 2.45. The largest absolute Gasteiger partial charge is 0.398 e. The van der Waals surface area contributed by atoms with E-state index in [-0.39, 0.29) is 12.4 Å². The van der Waals surface area contributed by atoms with Crippen LogP contribution in [-0.2, 0) is 16.4 Å². The highest BCUT2D eigenvalue weighted by Gasteiger charge is 2.32. The van der Waals surface area contributed by atoms with Crippen molar-refractivity contribution < 1.29 is 8.42 Å². The second kappa shape index (κ2) is 6.65. The summed E-state index contributed by atoms with van der Waals surface area (Å²) in [6.45, 7) is 6.19. The Morgan fingerprint density at radius 2 is 1.71 bits per heavy atom. The number of hydrogen-bond acceptors (Lipinski definition) is 3. The molecule has 2 aromatic rings. The Morgan fingerprint density at radius 1 is 1.08 bits per heavy atom. The van der Waals surface area contributed by atoms with Crippen LogP contribution in [0, 0.1) is 20.8 Å². The molecule has 0 amide bonds. The predicted molar refractivity (Wildman–Crippen MR) is 102 cm³/mol. The number of rotatable bonds is 2. The van der Waals surface area contributed by atoms with Crippen LogP contribution in [-0.4, -0.2) is 15.0 Å². The molecule has 1 heterocycles. The minimum Gasteiger partial charge on any atom is -0.398 e. The van der Waals surface area contributed by atoms with E-state index in [2.05, 4.69) is 0 Å². The molecule has 0 fully saturated rings. The van der Waals surface area contributed by atoms with Crippen molar-refractivity contribution in [2.45, 2.75) is 38.5 Å². The summed E-state index contributed by atoms with van der Waals surface area (Å²) in [5, 5.41) is 0. The smallest absolute Gasteiger partial charge is 0.264 e. The number of nitrogens with two attached hydrogens (primary N) is 1. The van der Waals surface area contributed by atoms with E-state index in [0.29, 0.717) is 17.1 Å². The summed E-state index contributed by atoms with van der Waals surface area (Å²) < 4.78 is 28.1. The van der Waals surface area contributed by atoms with Crippen LogP contribution in [0.3, 0.4) is 0 Å². The number of nitrogen functional groups attached to an aromatic ring is 1. The monoisotopic (exact) mass is 366 g/mol. The Balaban J connectivity index is 0.00000208. The number of nitrogens with zero attached hydrogens (tertiary/aromatic N) is 1. The molecular formula is C18H23ClN2O2S. The minimum absolute atomic E-state index is 0. The first kappa shape index (κ1) is 18.6. The SMILES string of the molecule is Cc1cc(C)c(S(=O)(=O)N2CCCc3c(N)cccc32)c(C)c1.Cl. The number of anilines is 2. The van der Waals surface area contributed by atoms with E-state index in [9.17, 15) is 8.42 Å². The summed E-state index contributed by atoms with van der Waals surface area (Å²) in [7, 11) is -3.59. The fraction of sp³-hybridized carbons (Fsp3) is 0.333. The molecule has 2 aromatic carbocycles. The zero-order valence-corrected chi connectivity index (χ0v) is 15.8. The molecule has 4 nitrogen and oxygen atoms in total. The van der Waals surface area contributed by atoms with Gasteiger partial charge in [0.15, 0.2) is 0 Å². The van der Waals surface area contributed by atoms with Crippen molar-refractivity contribution in [1.82, 2.24) is 0 Å². The Bertz CT molecular complexity index is 856. The summed E-state index contributed by atoms with van der Waals surface area (Å²) >= 11 is 0. The standard InChI is InChI=1S/C18H22N2O2S.ClH/c1-12-10-13(2)18(14(3)11-12)23(21,22)20-9-5-6-15-16(19)7-4-8-17(15)20;/h4,7-8,10-11H,5-6,9,19H2,1-3H3;1H. The lowest BCUT2D eigenvalue weighted by atomic mass is 10.0. The van der Waals surface area contributed by atoms with Gasteiger partial charge in [0.2, 0.25) is 0 Å². The highest BCUT2D eigenvalue weighted by molar-refractivity contribution is 7.93. The van der Waals surface area contributed by atoms with Gasteiger partial charge in [-0.05, 0) is 62.4 Å². The molecule has 0 spiro atoms. The first-order chi connectivity index (χ1) is 10.8. The second-order valence-electron chi connectivity index (χ2n) is 6.25. The number of aryl methyl sites for hydroxylation is 3. The van der Waals surface area contributed by atoms with Crippen LogP contribution >= 0.6 is 12.4 Å². The fourth-order valence-electron chi connectivity index (χ4n) is 3.55. The molecule has 0 atom stereocenters. The molecule has 0 aliphatic carbocycles. The Morgan fingerprint density at radius 3 is 2.33 bits per heavy atom. The Hall–Kier alpha value is -1.72. The summed E-state index contributed by atoms with van der Waals surface area (Å²) in [6.07, 6.45) is 1.60. The second-order valence-corrected chi connectivity index (χ2v) is 8.05. The maximum atomic E-state index is 13.3. The third-order valence-electron chi connectivity index (χ3n) is 4.40. The molecule has 0 aromatic heterocycles. The zero-order chi connectivity index (χ0) is 16.8. The maximum absolute atomic E-state index is 13.3. The van der Waals surface area contributed by atoms with Gasteiger partial charge in [0.25, 0.3) is 10.0 Å². The molecule has 0 radical (unpaired) electrons. The van der Waals surface area contributed by atoms with E-state index in [1.54, 1.807) is 0 Å². The Kier molecular flexibility index (Phi) is 5.16. The van der Waals surface area contributed by atoms with Crippen molar-refractivity contribution in [2.24, 2.45) is 0 Å². The van der Waals surface area contributed by atoms with Crippen molar-refractivity contribution in [1.29, 1.82) is 0 Å². The number of sulfonamides is 1. The van der Waals surface area contributed by atoms with Crippen molar-refractivity contribution >= 4 is 33.8 Å². The van der Waals surface area contributed by atoms with E-state index in [1.165, 1.54) is 4.31 Å². The highest BCUT2D eigenvalue weighted by atomic mass is 35.5. The van der Waals surface area contributed by atoms with Crippen LogP contribution in [0.5, 0.6) is 0 Å².